The number of rotatable bonds is 3. The summed E-state index contributed by atoms with van der Waals surface area (Å²) in [5.41, 5.74) is 7.20. The fourth-order valence-electron chi connectivity index (χ4n) is 3.20. The van der Waals surface area contributed by atoms with Gasteiger partial charge in [0.1, 0.15) is 11.3 Å². The standard InChI is InChI=1S/C18H23FN4O2/c1-9-6-11(7-10(2)23(9)3)18-21-15-12(17(20)22-18)8-13(24-4)16(25-5)14(15)19/h6,8-10H,7H2,1-5H3,(H2,20,21,22). The summed E-state index contributed by atoms with van der Waals surface area (Å²) in [6, 6.07) is 2.19. The van der Waals surface area contributed by atoms with Crippen LogP contribution in [-0.4, -0.2) is 48.2 Å². The number of hydrogen-bond acceptors (Lipinski definition) is 6. The normalized spacial score (nSPS) is 21.3. The summed E-state index contributed by atoms with van der Waals surface area (Å²) in [6.07, 6.45) is 2.87. The summed E-state index contributed by atoms with van der Waals surface area (Å²) in [6.45, 7) is 4.25. The van der Waals surface area contributed by atoms with Crippen LogP contribution >= 0.6 is 0 Å². The van der Waals surface area contributed by atoms with E-state index in [2.05, 4.69) is 41.8 Å². The summed E-state index contributed by atoms with van der Waals surface area (Å²) >= 11 is 0. The van der Waals surface area contributed by atoms with Crippen LogP contribution in [0.5, 0.6) is 11.5 Å². The molecule has 0 amide bonds. The molecule has 1 aliphatic rings. The van der Waals surface area contributed by atoms with E-state index in [1.807, 2.05) is 0 Å². The zero-order chi connectivity index (χ0) is 18.3. The maximum absolute atomic E-state index is 14.9. The van der Waals surface area contributed by atoms with Gasteiger partial charge in [0, 0.05) is 17.5 Å². The third kappa shape index (κ3) is 2.89. The molecule has 1 aliphatic heterocycles. The van der Waals surface area contributed by atoms with E-state index in [-0.39, 0.29) is 28.9 Å². The van der Waals surface area contributed by atoms with Crippen LogP contribution in [0.3, 0.4) is 0 Å². The number of fused-ring (bicyclic) bond motifs is 1. The highest BCUT2D eigenvalue weighted by atomic mass is 19.1. The number of anilines is 1. The van der Waals surface area contributed by atoms with Gasteiger partial charge in [0.25, 0.3) is 0 Å². The average molecular weight is 346 g/mol. The summed E-state index contributed by atoms with van der Waals surface area (Å²) in [5.74, 6) is 0.360. The molecule has 2 unspecified atom stereocenters. The predicted molar refractivity (Wildman–Crippen MR) is 96.3 cm³/mol. The summed E-state index contributed by atoms with van der Waals surface area (Å²) in [7, 11) is 4.91. The van der Waals surface area contributed by atoms with Crippen molar-refractivity contribution < 1.29 is 13.9 Å². The summed E-state index contributed by atoms with van der Waals surface area (Å²) in [5, 5.41) is 0.411. The van der Waals surface area contributed by atoms with Crippen molar-refractivity contribution in [3.63, 3.8) is 0 Å². The number of hydrogen-bond donors (Lipinski definition) is 1. The van der Waals surface area contributed by atoms with Crippen LogP contribution in [0, 0.1) is 5.82 Å². The first-order valence-corrected chi connectivity index (χ1v) is 8.18. The molecular weight excluding hydrogens is 323 g/mol. The lowest BCUT2D eigenvalue weighted by atomic mass is 9.97. The fourth-order valence-corrected chi connectivity index (χ4v) is 3.20. The molecule has 2 atom stereocenters. The van der Waals surface area contributed by atoms with Gasteiger partial charge in [-0.2, -0.15) is 0 Å². The number of nitrogens with zero attached hydrogens (tertiary/aromatic N) is 3. The summed E-state index contributed by atoms with van der Waals surface area (Å²) < 4.78 is 25.2. The third-order valence-electron chi connectivity index (χ3n) is 4.89. The number of likely N-dealkylation sites (N-methyl/N-ethyl adjacent to an activating group) is 1. The Labute approximate surface area is 146 Å². The van der Waals surface area contributed by atoms with Gasteiger partial charge in [0.05, 0.1) is 14.2 Å². The van der Waals surface area contributed by atoms with Crippen LogP contribution in [0.4, 0.5) is 10.2 Å². The van der Waals surface area contributed by atoms with Gasteiger partial charge in [0.2, 0.25) is 0 Å². The lowest BCUT2D eigenvalue weighted by molar-refractivity contribution is 0.219. The van der Waals surface area contributed by atoms with Crippen molar-refractivity contribution in [3.8, 4) is 11.5 Å². The SMILES string of the molecule is COc1cc2c(N)nc(C3=CC(C)N(C)C(C)C3)nc2c(F)c1OC. The van der Waals surface area contributed by atoms with E-state index in [1.165, 1.54) is 14.2 Å². The van der Waals surface area contributed by atoms with Crippen LogP contribution in [-0.2, 0) is 0 Å². The Kier molecular flexibility index (Phi) is 4.51. The number of benzene rings is 1. The highest BCUT2D eigenvalue weighted by molar-refractivity contribution is 5.92. The molecule has 0 bridgehead atoms. The van der Waals surface area contributed by atoms with Gasteiger partial charge >= 0.3 is 0 Å². The van der Waals surface area contributed by atoms with Gasteiger partial charge in [-0.1, -0.05) is 6.08 Å². The van der Waals surface area contributed by atoms with Crippen molar-refractivity contribution in [2.45, 2.75) is 32.4 Å². The van der Waals surface area contributed by atoms with E-state index >= 15 is 0 Å². The smallest absolute Gasteiger partial charge is 0.199 e. The molecule has 7 heteroatoms. The van der Waals surface area contributed by atoms with Crippen LogP contribution in [0.1, 0.15) is 26.1 Å². The Morgan fingerprint density at radius 3 is 2.56 bits per heavy atom. The molecule has 0 saturated heterocycles. The van der Waals surface area contributed by atoms with Crippen LogP contribution in [0.25, 0.3) is 16.5 Å². The number of ether oxygens (including phenoxy) is 2. The van der Waals surface area contributed by atoms with Gasteiger partial charge in [-0.25, -0.2) is 14.4 Å². The molecule has 25 heavy (non-hydrogen) atoms. The van der Waals surface area contributed by atoms with Crippen LogP contribution < -0.4 is 15.2 Å². The molecule has 2 N–H and O–H groups in total. The molecular formula is C18H23FN4O2. The van der Waals surface area contributed by atoms with Crippen LogP contribution in [0.2, 0.25) is 0 Å². The number of nitrogens with two attached hydrogens (primary N) is 1. The van der Waals surface area contributed by atoms with Crippen molar-refractivity contribution in [2.24, 2.45) is 0 Å². The fraction of sp³-hybridized carbons (Fsp3) is 0.444. The largest absolute Gasteiger partial charge is 0.493 e. The lowest BCUT2D eigenvalue weighted by Gasteiger charge is -2.34. The monoisotopic (exact) mass is 346 g/mol. The number of halogens is 1. The van der Waals surface area contributed by atoms with E-state index in [4.69, 9.17) is 15.2 Å². The van der Waals surface area contributed by atoms with Gasteiger partial charge < -0.3 is 15.2 Å². The van der Waals surface area contributed by atoms with E-state index in [0.29, 0.717) is 17.3 Å². The lowest BCUT2D eigenvalue weighted by Crippen LogP contribution is -2.39. The minimum absolute atomic E-state index is 0.0122. The minimum Gasteiger partial charge on any atom is -0.493 e. The molecule has 0 fully saturated rings. The first-order chi connectivity index (χ1) is 11.9. The number of methoxy groups -OCH3 is 2. The van der Waals surface area contributed by atoms with Gasteiger partial charge in [0.15, 0.2) is 23.1 Å². The molecule has 6 nitrogen and oxygen atoms in total. The second-order valence-corrected chi connectivity index (χ2v) is 6.41. The highest BCUT2D eigenvalue weighted by Crippen LogP contribution is 2.38. The van der Waals surface area contributed by atoms with Crippen molar-refractivity contribution in [3.05, 3.63) is 23.8 Å². The Morgan fingerprint density at radius 1 is 1.24 bits per heavy atom. The first kappa shape index (κ1) is 17.4. The van der Waals surface area contributed by atoms with Crippen molar-refractivity contribution in [1.29, 1.82) is 0 Å². The van der Waals surface area contributed by atoms with E-state index in [1.54, 1.807) is 6.07 Å². The molecule has 0 aliphatic carbocycles. The second-order valence-electron chi connectivity index (χ2n) is 6.41. The Hall–Kier alpha value is -2.41. The number of aromatic nitrogens is 2. The molecule has 2 heterocycles. The summed E-state index contributed by atoms with van der Waals surface area (Å²) in [4.78, 5) is 11.1. The van der Waals surface area contributed by atoms with E-state index in [0.717, 1.165) is 12.0 Å². The Bertz CT molecular complexity index is 853. The van der Waals surface area contributed by atoms with Crippen molar-refractivity contribution >= 4 is 22.3 Å². The van der Waals surface area contributed by atoms with Crippen molar-refractivity contribution in [1.82, 2.24) is 14.9 Å². The Morgan fingerprint density at radius 2 is 1.96 bits per heavy atom. The predicted octanol–water partition coefficient (Wildman–Crippen LogP) is 2.86. The molecule has 0 spiro atoms. The molecule has 2 aromatic rings. The van der Waals surface area contributed by atoms with E-state index in [9.17, 15) is 4.39 Å². The topological polar surface area (TPSA) is 73.5 Å². The van der Waals surface area contributed by atoms with Gasteiger partial charge in [-0.3, -0.25) is 4.90 Å². The molecule has 3 rings (SSSR count). The zero-order valence-corrected chi connectivity index (χ0v) is 15.1. The highest BCUT2D eigenvalue weighted by Gasteiger charge is 2.25. The minimum atomic E-state index is -0.596. The molecule has 1 aromatic carbocycles. The quantitative estimate of drug-likeness (QED) is 0.921. The van der Waals surface area contributed by atoms with E-state index < -0.39 is 5.82 Å². The van der Waals surface area contributed by atoms with Gasteiger partial charge in [-0.15, -0.1) is 0 Å². The second kappa shape index (κ2) is 6.48. The van der Waals surface area contributed by atoms with Crippen molar-refractivity contribution in [2.75, 3.05) is 27.0 Å². The Balaban J connectivity index is 2.20. The third-order valence-corrected chi connectivity index (χ3v) is 4.89. The van der Waals surface area contributed by atoms with Gasteiger partial charge in [-0.05, 0) is 39.0 Å². The zero-order valence-electron chi connectivity index (χ0n) is 15.1. The maximum Gasteiger partial charge on any atom is 0.199 e. The molecule has 0 saturated carbocycles. The maximum atomic E-state index is 14.9. The molecule has 0 radical (unpaired) electrons. The molecule has 1 aromatic heterocycles. The molecule has 134 valence electrons. The first-order valence-electron chi connectivity index (χ1n) is 8.18. The number of nitrogen functional groups attached to an aromatic ring is 1. The average Bonchev–Trinajstić information content (AvgIpc) is 2.59. The van der Waals surface area contributed by atoms with Crippen LogP contribution in [0.15, 0.2) is 12.1 Å².